The zero-order valence-electron chi connectivity index (χ0n) is 16.4. The second kappa shape index (κ2) is 5.94. The van der Waals surface area contributed by atoms with Crippen molar-refractivity contribution in [1.82, 2.24) is 4.90 Å². The smallest absolute Gasteiger partial charge is 0.229 e. The molecule has 1 amide bonds. The summed E-state index contributed by atoms with van der Waals surface area (Å²) in [6, 6.07) is 10.7. The molecule has 2 aliphatic carbocycles. The molecule has 2 atom stereocenters. The van der Waals surface area contributed by atoms with Gasteiger partial charge in [0.25, 0.3) is 0 Å². The van der Waals surface area contributed by atoms with Gasteiger partial charge in [0.2, 0.25) is 5.91 Å². The van der Waals surface area contributed by atoms with Crippen molar-refractivity contribution in [1.29, 1.82) is 0 Å². The van der Waals surface area contributed by atoms with Crippen LogP contribution in [0.15, 0.2) is 30.3 Å². The summed E-state index contributed by atoms with van der Waals surface area (Å²) in [6.07, 6.45) is 5.46. The van der Waals surface area contributed by atoms with Gasteiger partial charge in [0, 0.05) is 24.9 Å². The lowest BCUT2D eigenvalue weighted by atomic mass is 9.64. The Morgan fingerprint density at radius 2 is 1.73 bits per heavy atom. The molecular weight excluding hydrogens is 322 g/mol. The minimum Gasteiger partial charge on any atom is -0.342 e. The van der Waals surface area contributed by atoms with Crippen molar-refractivity contribution in [2.45, 2.75) is 59.3 Å². The summed E-state index contributed by atoms with van der Waals surface area (Å²) in [7, 11) is 0. The van der Waals surface area contributed by atoms with Gasteiger partial charge in [-0.1, -0.05) is 51.1 Å². The van der Waals surface area contributed by atoms with Gasteiger partial charge in [-0.15, -0.1) is 0 Å². The zero-order valence-corrected chi connectivity index (χ0v) is 16.4. The van der Waals surface area contributed by atoms with Crippen molar-refractivity contribution in [3.8, 4) is 0 Å². The van der Waals surface area contributed by atoms with Crippen molar-refractivity contribution in [2.24, 2.45) is 22.2 Å². The molecule has 1 saturated heterocycles. The van der Waals surface area contributed by atoms with Crippen LogP contribution >= 0.6 is 0 Å². The van der Waals surface area contributed by atoms with E-state index in [1.54, 1.807) is 0 Å². The van der Waals surface area contributed by atoms with E-state index in [2.05, 4.69) is 56.0 Å². The van der Waals surface area contributed by atoms with Crippen molar-refractivity contribution in [2.75, 3.05) is 13.1 Å². The van der Waals surface area contributed by atoms with E-state index >= 15 is 0 Å². The molecule has 4 rings (SSSR count). The fourth-order valence-corrected chi connectivity index (χ4v) is 5.92. The van der Waals surface area contributed by atoms with Crippen molar-refractivity contribution < 1.29 is 9.59 Å². The van der Waals surface area contributed by atoms with Crippen LogP contribution in [0.5, 0.6) is 0 Å². The van der Waals surface area contributed by atoms with Gasteiger partial charge in [0.15, 0.2) is 0 Å². The number of benzene rings is 1. The minimum atomic E-state index is -0.453. The van der Waals surface area contributed by atoms with Crippen LogP contribution in [-0.4, -0.2) is 29.7 Å². The molecule has 3 nitrogen and oxygen atoms in total. The molecule has 0 aromatic heterocycles. The molecule has 1 aliphatic heterocycles. The van der Waals surface area contributed by atoms with Crippen LogP contribution in [0.3, 0.4) is 0 Å². The number of ketones is 1. The number of piperidine rings is 1. The molecule has 3 heteroatoms. The summed E-state index contributed by atoms with van der Waals surface area (Å²) < 4.78 is 0. The number of likely N-dealkylation sites (tertiary alicyclic amines) is 1. The average Bonchev–Trinajstić information content (AvgIpc) is 2.93. The number of amides is 1. The lowest BCUT2D eigenvalue weighted by molar-refractivity contribution is -0.149. The van der Waals surface area contributed by atoms with Gasteiger partial charge in [-0.25, -0.2) is 0 Å². The number of hydrogen-bond donors (Lipinski definition) is 0. The van der Waals surface area contributed by atoms with Crippen LogP contribution in [-0.2, 0) is 16.0 Å². The van der Waals surface area contributed by atoms with E-state index in [9.17, 15) is 9.59 Å². The van der Waals surface area contributed by atoms with Gasteiger partial charge in [-0.2, -0.15) is 0 Å². The van der Waals surface area contributed by atoms with Crippen molar-refractivity contribution in [3.63, 3.8) is 0 Å². The predicted octanol–water partition coefficient (Wildman–Crippen LogP) is 4.25. The second-order valence-electron chi connectivity index (χ2n) is 9.56. The quantitative estimate of drug-likeness (QED) is 0.814. The first-order valence-electron chi connectivity index (χ1n) is 10.2. The molecular formula is C23H31NO2. The standard InChI is InChI=1S/C23H31NO2/c1-21(2)22(3)11-12-23(21,16-19(22)25)20(26)24-13-9-18(10-14-24)15-17-7-5-4-6-8-17/h4-8,18H,9-16H2,1-3H3. The summed E-state index contributed by atoms with van der Waals surface area (Å²) in [4.78, 5) is 28.2. The van der Waals surface area contributed by atoms with Gasteiger partial charge in [-0.05, 0) is 49.0 Å². The largest absolute Gasteiger partial charge is 0.342 e. The third kappa shape index (κ3) is 2.32. The van der Waals surface area contributed by atoms with Gasteiger partial charge in [0.1, 0.15) is 5.78 Å². The van der Waals surface area contributed by atoms with E-state index in [4.69, 9.17) is 0 Å². The maximum absolute atomic E-state index is 13.5. The summed E-state index contributed by atoms with van der Waals surface area (Å²) >= 11 is 0. The molecule has 0 radical (unpaired) electrons. The number of carbonyl (C=O) groups is 2. The van der Waals surface area contributed by atoms with E-state index in [1.165, 1.54) is 5.56 Å². The Bertz CT molecular complexity index is 717. The normalized spacial score (nSPS) is 33.7. The summed E-state index contributed by atoms with van der Waals surface area (Å²) in [5.74, 6) is 1.22. The monoisotopic (exact) mass is 353 g/mol. The fourth-order valence-electron chi connectivity index (χ4n) is 5.92. The molecule has 0 spiro atoms. The number of carbonyl (C=O) groups excluding carboxylic acids is 2. The van der Waals surface area contributed by atoms with E-state index in [0.717, 1.165) is 45.2 Å². The summed E-state index contributed by atoms with van der Waals surface area (Å²) in [5.41, 5.74) is 0.402. The Hall–Kier alpha value is -1.64. The highest BCUT2D eigenvalue weighted by atomic mass is 16.2. The highest BCUT2D eigenvalue weighted by molar-refractivity contribution is 5.99. The van der Waals surface area contributed by atoms with Gasteiger partial charge in [-0.3, -0.25) is 9.59 Å². The fraction of sp³-hybridized carbons (Fsp3) is 0.652. The Morgan fingerprint density at radius 3 is 2.27 bits per heavy atom. The van der Waals surface area contributed by atoms with Gasteiger partial charge < -0.3 is 4.90 Å². The first-order valence-corrected chi connectivity index (χ1v) is 10.2. The first kappa shape index (κ1) is 17.8. The lowest BCUT2D eigenvalue weighted by Crippen LogP contribution is -2.51. The van der Waals surface area contributed by atoms with E-state index in [1.807, 2.05) is 0 Å². The lowest BCUT2D eigenvalue weighted by Gasteiger charge is -2.43. The molecule has 2 bridgehead atoms. The third-order valence-corrected chi connectivity index (χ3v) is 8.38. The van der Waals surface area contributed by atoms with Gasteiger partial charge >= 0.3 is 0 Å². The molecule has 1 aromatic rings. The molecule has 0 N–H and O–H groups in total. The van der Waals surface area contributed by atoms with E-state index in [-0.39, 0.29) is 16.7 Å². The van der Waals surface area contributed by atoms with Crippen molar-refractivity contribution >= 4 is 11.7 Å². The molecule has 26 heavy (non-hydrogen) atoms. The SMILES string of the molecule is CC12CCC(C(=O)N3CCC(Cc4ccccc4)CC3)(CC1=O)C2(C)C. The van der Waals surface area contributed by atoms with Crippen LogP contribution in [0, 0.1) is 22.2 Å². The third-order valence-electron chi connectivity index (χ3n) is 8.38. The first-order chi connectivity index (χ1) is 12.3. The van der Waals surface area contributed by atoms with E-state index < -0.39 is 5.41 Å². The number of rotatable bonds is 3. The van der Waals surface area contributed by atoms with Crippen LogP contribution in [0.25, 0.3) is 0 Å². The number of nitrogens with zero attached hydrogens (tertiary/aromatic N) is 1. The van der Waals surface area contributed by atoms with Crippen molar-refractivity contribution in [3.05, 3.63) is 35.9 Å². The highest BCUT2D eigenvalue weighted by Crippen LogP contribution is 2.71. The van der Waals surface area contributed by atoms with Crippen LogP contribution in [0.4, 0.5) is 0 Å². The molecule has 140 valence electrons. The summed E-state index contributed by atoms with van der Waals surface area (Å²) in [6.45, 7) is 8.09. The Morgan fingerprint density at radius 1 is 1.08 bits per heavy atom. The topological polar surface area (TPSA) is 37.4 Å². The Balaban J connectivity index is 1.44. The minimum absolute atomic E-state index is 0.227. The van der Waals surface area contributed by atoms with Crippen LogP contribution < -0.4 is 0 Å². The van der Waals surface area contributed by atoms with Crippen LogP contribution in [0.1, 0.15) is 58.4 Å². The number of fused-ring (bicyclic) bond motifs is 2. The molecule has 1 heterocycles. The van der Waals surface area contributed by atoms with Crippen LogP contribution in [0.2, 0.25) is 0 Å². The second-order valence-corrected chi connectivity index (χ2v) is 9.56. The maximum Gasteiger partial charge on any atom is 0.229 e. The predicted molar refractivity (Wildman–Crippen MR) is 103 cm³/mol. The van der Waals surface area contributed by atoms with Gasteiger partial charge in [0.05, 0.1) is 5.41 Å². The summed E-state index contributed by atoms with van der Waals surface area (Å²) in [5, 5.41) is 0. The zero-order chi connectivity index (χ0) is 18.6. The molecule has 3 aliphatic rings. The number of Topliss-reactive ketones (excluding diaryl/α,β-unsaturated/α-hetero) is 1. The molecule has 2 unspecified atom stereocenters. The average molecular weight is 354 g/mol. The van der Waals surface area contributed by atoms with E-state index in [0.29, 0.717) is 18.1 Å². The molecule has 2 saturated carbocycles. The number of hydrogen-bond acceptors (Lipinski definition) is 2. The Kier molecular flexibility index (Phi) is 4.05. The maximum atomic E-state index is 13.5. The highest BCUT2D eigenvalue weighted by Gasteiger charge is 2.73. The molecule has 1 aromatic carbocycles. The molecule has 3 fully saturated rings. The Labute approximate surface area is 157 Å².